The SMILES string of the molecule is CCNc1nccc(-c2cn[nH]c2-c2ccc(F)cc2)n1. The van der Waals surface area contributed by atoms with Gasteiger partial charge >= 0.3 is 0 Å². The van der Waals surface area contributed by atoms with Crippen molar-refractivity contribution in [1.82, 2.24) is 20.2 Å². The number of hydrogen-bond donors (Lipinski definition) is 2. The van der Waals surface area contributed by atoms with E-state index in [2.05, 4.69) is 25.5 Å². The highest BCUT2D eigenvalue weighted by Gasteiger charge is 2.12. The molecule has 0 aliphatic rings. The van der Waals surface area contributed by atoms with Gasteiger partial charge in [0.05, 0.1) is 17.6 Å². The van der Waals surface area contributed by atoms with E-state index in [0.717, 1.165) is 29.1 Å². The van der Waals surface area contributed by atoms with Gasteiger partial charge in [0.2, 0.25) is 5.95 Å². The Labute approximate surface area is 121 Å². The van der Waals surface area contributed by atoms with E-state index in [1.165, 1.54) is 12.1 Å². The second kappa shape index (κ2) is 5.70. The van der Waals surface area contributed by atoms with Crippen LogP contribution in [-0.4, -0.2) is 26.7 Å². The summed E-state index contributed by atoms with van der Waals surface area (Å²) in [4.78, 5) is 8.60. The van der Waals surface area contributed by atoms with Crippen molar-refractivity contribution in [3.8, 4) is 22.5 Å². The van der Waals surface area contributed by atoms with Crippen LogP contribution in [0, 0.1) is 5.82 Å². The van der Waals surface area contributed by atoms with Crippen molar-refractivity contribution < 1.29 is 4.39 Å². The van der Waals surface area contributed by atoms with E-state index in [9.17, 15) is 4.39 Å². The summed E-state index contributed by atoms with van der Waals surface area (Å²) in [5, 5.41) is 10.1. The predicted octanol–water partition coefficient (Wildman–Crippen LogP) is 3.10. The van der Waals surface area contributed by atoms with Gasteiger partial charge < -0.3 is 5.32 Å². The van der Waals surface area contributed by atoms with Gasteiger partial charge in [0.15, 0.2) is 0 Å². The number of rotatable bonds is 4. The number of halogens is 1. The zero-order chi connectivity index (χ0) is 14.7. The molecule has 1 aromatic carbocycles. The molecule has 0 saturated heterocycles. The molecule has 3 rings (SSSR count). The lowest BCUT2D eigenvalue weighted by Gasteiger charge is -2.05. The smallest absolute Gasteiger partial charge is 0.223 e. The first-order valence-electron chi connectivity index (χ1n) is 6.64. The van der Waals surface area contributed by atoms with Crippen LogP contribution in [0.1, 0.15) is 6.92 Å². The third-order valence-corrected chi connectivity index (χ3v) is 3.04. The molecule has 2 aromatic heterocycles. The number of aromatic nitrogens is 4. The summed E-state index contributed by atoms with van der Waals surface area (Å²) < 4.78 is 13.0. The second-order valence-electron chi connectivity index (χ2n) is 4.46. The number of nitrogens with one attached hydrogen (secondary N) is 2. The normalized spacial score (nSPS) is 10.6. The van der Waals surface area contributed by atoms with Crippen molar-refractivity contribution in [2.24, 2.45) is 0 Å². The number of anilines is 1. The Kier molecular flexibility index (Phi) is 3.59. The van der Waals surface area contributed by atoms with E-state index in [4.69, 9.17) is 0 Å². The first-order chi connectivity index (χ1) is 10.3. The van der Waals surface area contributed by atoms with E-state index >= 15 is 0 Å². The van der Waals surface area contributed by atoms with Crippen molar-refractivity contribution in [2.75, 3.05) is 11.9 Å². The molecule has 0 unspecified atom stereocenters. The van der Waals surface area contributed by atoms with Crippen molar-refractivity contribution in [3.63, 3.8) is 0 Å². The molecule has 0 saturated carbocycles. The Hall–Kier alpha value is -2.76. The van der Waals surface area contributed by atoms with Crippen LogP contribution in [0.3, 0.4) is 0 Å². The van der Waals surface area contributed by atoms with Crippen LogP contribution in [0.2, 0.25) is 0 Å². The summed E-state index contributed by atoms with van der Waals surface area (Å²) in [6.45, 7) is 2.73. The minimum absolute atomic E-state index is 0.267. The van der Waals surface area contributed by atoms with Crippen molar-refractivity contribution in [2.45, 2.75) is 6.92 Å². The maximum absolute atomic E-state index is 13.0. The summed E-state index contributed by atoms with van der Waals surface area (Å²) in [6, 6.07) is 8.07. The number of aromatic amines is 1. The van der Waals surface area contributed by atoms with Gasteiger partial charge in [-0.25, -0.2) is 14.4 Å². The van der Waals surface area contributed by atoms with Gasteiger partial charge in [-0.05, 0) is 37.3 Å². The molecule has 0 bridgehead atoms. The molecule has 0 spiro atoms. The molecule has 0 amide bonds. The van der Waals surface area contributed by atoms with Crippen LogP contribution in [0.4, 0.5) is 10.3 Å². The minimum atomic E-state index is -0.267. The molecule has 21 heavy (non-hydrogen) atoms. The largest absolute Gasteiger partial charge is 0.354 e. The highest BCUT2D eigenvalue weighted by molar-refractivity contribution is 5.78. The monoisotopic (exact) mass is 283 g/mol. The zero-order valence-corrected chi connectivity index (χ0v) is 11.5. The van der Waals surface area contributed by atoms with Gasteiger partial charge in [-0.15, -0.1) is 0 Å². The fourth-order valence-electron chi connectivity index (χ4n) is 2.07. The van der Waals surface area contributed by atoms with E-state index < -0.39 is 0 Å². The molecule has 3 aromatic rings. The molecule has 0 radical (unpaired) electrons. The first-order valence-corrected chi connectivity index (χ1v) is 6.64. The molecular weight excluding hydrogens is 269 g/mol. The molecule has 0 atom stereocenters. The minimum Gasteiger partial charge on any atom is -0.354 e. The zero-order valence-electron chi connectivity index (χ0n) is 11.5. The maximum atomic E-state index is 13.0. The Morgan fingerprint density at radius 2 is 2.00 bits per heavy atom. The fraction of sp³-hybridized carbons (Fsp3) is 0.133. The number of nitrogens with zero attached hydrogens (tertiary/aromatic N) is 3. The molecule has 2 heterocycles. The molecule has 6 heteroatoms. The van der Waals surface area contributed by atoms with Crippen molar-refractivity contribution in [3.05, 3.63) is 48.5 Å². The van der Waals surface area contributed by atoms with E-state index in [1.807, 2.05) is 13.0 Å². The summed E-state index contributed by atoms with van der Waals surface area (Å²) in [7, 11) is 0. The van der Waals surface area contributed by atoms with Crippen LogP contribution in [0.5, 0.6) is 0 Å². The Morgan fingerprint density at radius 1 is 1.19 bits per heavy atom. The lowest BCUT2D eigenvalue weighted by atomic mass is 10.1. The highest BCUT2D eigenvalue weighted by atomic mass is 19.1. The molecule has 106 valence electrons. The van der Waals surface area contributed by atoms with Crippen molar-refractivity contribution >= 4 is 5.95 Å². The first kappa shape index (κ1) is 13.2. The standard InChI is InChI=1S/C15H14FN5/c1-2-17-15-18-8-7-13(20-15)12-9-19-21-14(12)10-3-5-11(16)6-4-10/h3-9H,2H2,1H3,(H,19,21)(H,17,18,20). The highest BCUT2D eigenvalue weighted by Crippen LogP contribution is 2.29. The molecule has 2 N–H and O–H groups in total. The van der Waals surface area contributed by atoms with E-state index in [0.29, 0.717) is 5.95 Å². The number of hydrogen-bond acceptors (Lipinski definition) is 4. The van der Waals surface area contributed by atoms with Crippen LogP contribution >= 0.6 is 0 Å². The van der Waals surface area contributed by atoms with Crippen LogP contribution in [0.25, 0.3) is 22.5 Å². The molecular formula is C15H14FN5. The molecule has 0 aliphatic heterocycles. The second-order valence-corrected chi connectivity index (χ2v) is 4.46. The Morgan fingerprint density at radius 3 is 2.76 bits per heavy atom. The Balaban J connectivity index is 2.02. The average Bonchev–Trinajstić information content (AvgIpc) is 2.98. The maximum Gasteiger partial charge on any atom is 0.223 e. The van der Waals surface area contributed by atoms with Crippen LogP contribution < -0.4 is 5.32 Å². The topological polar surface area (TPSA) is 66.5 Å². The van der Waals surface area contributed by atoms with Crippen molar-refractivity contribution in [1.29, 1.82) is 0 Å². The Bertz CT molecular complexity index is 736. The third-order valence-electron chi connectivity index (χ3n) is 3.04. The molecule has 5 nitrogen and oxygen atoms in total. The molecule has 0 aliphatic carbocycles. The lowest BCUT2D eigenvalue weighted by molar-refractivity contribution is 0.628. The van der Waals surface area contributed by atoms with Crippen LogP contribution in [0.15, 0.2) is 42.7 Å². The summed E-state index contributed by atoms with van der Waals surface area (Å²) in [6.07, 6.45) is 3.40. The number of H-pyrrole nitrogens is 1. The quantitative estimate of drug-likeness (QED) is 0.772. The third kappa shape index (κ3) is 2.74. The van der Waals surface area contributed by atoms with E-state index in [1.54, 1.807) is 24.5 Å². The lowest BCUT2D eigenvalue weighted by Crippen LogP contribution is -2.02. The fourth-order valence-corrected chi connectivity index (χ4v) is 2.07. The van der Waals surface area contributed by atoms with E-state index in [-0.39, 0.29) is 5.82 Å². The van der Waals surface area contributed by atoms with Crippen LogP contribution in [-0.2, 0) is 0 Å². The number of benzene rings is 1. The average molecular weight is 283 g/mol. The van der Waals surface area contributed by atoms with Gasteiger partial charge in [0.1, 0.15) is 5.82 Å². The summed E-state index contributed by atoms with van der Waals surface area (Å²) in [5.74, 6) is 0.303. The van der Waals surface area contributed by atoms with Gasteiger partial charge in [-0.2, -0.15) is 5.10 Å². The van der Waals surface area contributed by atoms with Gasteiger partial charge in [0.25, 0.3) is 0 Å². The molecule has 0 fully saturated rings. The summed E-state index contributed by atoms with van der Waals surface area (Å²) >= 11 is 0. The van der Waals surface area contributed by atoms with Gasteiger partial charge in [-0.3, -0.25) is 5.10 Å². The van der Waals surface area contributed by atoms with Gasteiger partial charge in [0, 0.05) is 23.9 Å². The summed E-state index contributed by atoms with van der Waals surface area (Å²) in [5.41, 5.74) is 3.26. The predicted molar refractivity (Wildman–Crippen MR) is 79.2 cm³/mol. The van der Waals surface area contributed by atoms with Gasteiger partial charge in [-0.1, -0.05) is 0 Å².